The molecule has 10 nitrogen and oxygen atoms in total. The summed E-state index contributed by atoms with van der Waals surface area (Å²) in [4.78, 5) is 12.3. The molecule has 0 aromatic carbocycles. The van der Waals surface area contributed by atoms with Gasteiger partial charge in [-0.15, -0.1) is 10.2 Å². The zero-order valence-electron chi connectivity index (χ0n) is 19.8. The van der Waals surface area contributed by atoms with E-state index in [1.807, 2.05) is 12.3 Å². The fourth-order valence-corrected chi connectivity index (χ4v) is 5.68. The van der Waals surface area contributed by atoms with Gasteiger partial charge in [-0.05, 0) is 38.7 Å². The summed E-state index contributed by atoms with van der Waals surface area (Å²) in [5, 5.41) is 21.8. The second kappa shape index (κ2) is 8.47. The summed E-state index contributed by atoms with van der Waals surface area (Å²) in [6.45, 7) is 7.94. The molecule has 6 N–H and O–H groups in total. The minimum atomic E-state index is -0.523. The van der Waals surface area contributed by atoms with Crippen molar-refractivity contribution in [2.24, 2.45) is 16.9 Å². The molecule has 1 saturated heterocycles. The Kier molecular flexibility index (Phi) is 5.73. The first-order chi connectivity index (χ1) is 16.2. The molecular formula is C23H32N8O2S. The lowest BCUT2D eigenvalue weighted by atomic mass is 9.75. The Balaban J connectivity index is 1.47. The van der Waals surface area contributed by atoms with Crippen LogP contribution in [0.15, 0.2) is 18.5 Å². The van der Waals surface area contributed by atoms with Gasteiger partial charge >= 0.3 is 0 Å². The molecular weight excluding hydrogens is 452 g/mol. The summed E-state index contributed by atoms with van der Waals surface area (Å²) < 4.78 is 7.18. The number of hydrogen-bond donors (Lipinski definition) is 4. The summed E-state index contributed by atoms with van der Waals surface area (Å²) in [5.74, 6) is -0.523. The molecule has 2 fully saturated rings. The molecule has 0 spiro atoms. The zero-order valence-corrected chi connectivity index (χ0v) is 20.6. The number of ether oxygens (including phenoxy) is 1. The highest BCUT2D eigenvalue weighted by Crippen LogP contribution is 2.46. The van der Waals surface area contributed by atoms with Gasteiger partial charge in [-0.3, -0.25) is 4.79 Å². The molecule has 0 bridgehead atoms. The fourth-order valence-electron chi connectivity index (χ4n) is 4.88. The Bertz CT molecular complexity index is 1210. The van der Waals surface area contributed by atoms with E-state index in [-0.39, 0.29) is 17.0 Å². The van der Waals surface area contributed by atoms with Crippen LogP contribution in [0.4, 0.5) is 10.8 Å². The molecule has 1 aliphatic heterocycles. The number of nitrogens with two attached hydrogens (primary N) is 2. The van der Waals surface area contributed by atoms with Crippen LogP contribution in [0.3, 0.4) is 0 Å². The van der Waals surface area contributed by atoms with Crippen LogP contribution >= 0.6 is 11.3 Å². The van der Waals surface area contributed by atoms with Crippen LogP contribution in [-0.2, 0) is 4.74 Å². The number of carbonyl (C=O) groups is 1. The van der Waals surface area contributed by atoms with E-state index >= 15 is 0 Å². The normalized spacial score (nSPS) is 25.0. The van der Waals surface area contributed by atoms with Gasteiger partial charge in [-0.1, -0.05) is 25.2 Å². The maximum atomic E-state index is 12.3. The predicted octanol–water partition coefficient (Wildman–Crippen LogP) is 2.86. The van der Waals surface area contributed by atoms with Crippen molar-refractivity contribution in [1.82, 2.24) is 19.8 Å². The number of hydrogen-bond acceptors (Lipinski definition) is 9. The third-order valence-electron chi connectivity index (χ3n) is 7.74. The number of anilines is 2. The van der Waals surface area contributed by atoms with Gasteiger partial charge < -0.3 is 26.8 Å². The van der Waals surface area contributed by atoms with E-state index in [2.05, 4.69) is 46.7 Å². The van der Waals surface area contributed by atoms with E-state index < -0.39 is 5.91 Å². The lowest BCUT2D eigenvalue weighted by Crippen LogP contribution is -2.51. The van der Waals surface area contributed by atoms with Crippen LogP contribution in [-0.4, -0.2) is 56.6 Å². The fraction of sp³-hybridized carbons (Fsp3) is 0.565. The Labute approximate surface area is 202 Å². The molecule has 3 aromatic heterocycles. The minimum Gasteiger partial charge on any atom is -0.381 e. The van der Waals surface area contributed by atoms with Crippen LogP contribution in [0, 0.1) is 5.41 Å². The van der Waals surface area contributed by atoms with Gasteiger partial charge in [0.15, 0.2) is 5.01 Å². The van der Waals surface area contributed by atoms with Crippen molar-refractivity contribution in [1.29, 1.82) is 0 Å². The lowest BCUT2D eigenvalue weighted by Gasteiger charge is -2.39. The van der Waals surface area contributed by atoms with E-state index in [0.29, 0.717) is 17.3 Å². The van der Waals surface area contributed by atoms with Crippen LogP contribution in [0.25, 0.3) is 16.1 Å². The summed E-state index contributed by atoms with van der Waals surface area (Å²) in [6, 6.07) is 2.41. The van der Waals surface area contributed by atoms with Crippen LogP contribution in [0.5, 0.6) is 0 Å². The quantitative estimate of drug-likeness (QED) is 0.418. The average molecular weight is 485 g/mol. The highest BCUT2D eigenvalue weighted by Gasteiger charge is 2.49. The van der Waals surface area contributed by atoms with Gasteiger partial charge in [-0.2, -0.15) is 5.10 Å². The second-order valence-electron chi connectivity index (χ2n) is 10.2. The third kappa shape index (κ3) is 4.01. The van der Waals surface area contributed by atoms with Crippen molar-refractivity contribution in [3.8, 4) is 10.6 Å². The van der Waals surface area contributed by atoms with Crippen molar-refractivity contribution in [2.75, 3.05) is 23.8 Å². The molecule has 3 aromatic rings. The number of aromatic nitrogens is 4. The van der Waals surface area contributed by atoms with Crippen molar-refractivity contribution in [3.63, 3.8) is 0 Å². The van der Waals surface area contributed by atoms with Gasteiger partial charge in [0.1, 0.15) is 0 Å². The molecule has 2 atom stereocenters. The van der Waals surface area contributed by atoms with Crippen molar-refractivity contribution >= 4 is 33.6 Å². The predicted molar refractivity (Wildman–Crippen MR) is 133 cm³/mol. The number of amides is 1. The van der Waals surface area contributed by atoms with E-state index in [1.165, 1.54) is 17.5 Å². The molecule has 0 radical (unpaired) electrons. The van der Waals surface area contributed by atoms with Gasteiger partial charge in [0.25, 0.3) is 5.91 Å². The van der Waals surface area contributed by atoms with Crippen LogP contribution in [0.2, 0.25) is 0 Å². The number of nitrogens with zero attached hydrogens (tertiary/aromatic N) is 4. The molecule has 1 saturated carbocycles. The van der Waals surface area contributed by atoms with Gasteiger partial charge in [0.05, 0.1) is 23.0 Å². The Morgan fingerprint density at radius 1 is 1.21 bits per heavy atom. The Morgan fingerprint density at radius 3 is 2.65 bits per heavy atom. The number of primary amides is 1. The Morgan fingerprint density at radius 2 is 1.97 bits per heavy atom. The Hall–Kier alpha value is -2.76. The molecule has 2 aliphatic rings. The van der Waals surface area contributed by atoms with E-state index in [4.69, 9.17) is 16.2 Å². The van der Waals surface area contributed by atoms with Crippen molar-refractivity contribution in [3.05, 3.63) is 24.0 Å². The second-order valence-corrected chi connectivity index (χ2v) is 11.2. The van der Waals surface area contributed by atoms with Crippen LogP contribution < -0.4 is 22.1 Å². The number of nitrogens with one attached hydrogen (secondary N) is 2. The van der Waals surface area contributed by atoms with E-state index in [0.717, 1.165) is 60.1 Å². The highest BCUT2D eigenvalue weighted by atomic mass is 32.1. The molecule has 34 heavy (non-hydrogen) atoms. The zero-order chi connectivity index (χ0) is 24.1. The topological polar surface area (TPSA) is 145 Å². The minimum absolute atomic E-state index is 0.0851. The van der Waals surface area contributed by atoms with Crippen molar-refractivity contribution in [2.45, 2.75) is 64.1 Å². The highest BCUT2D eigenvalue weighted by molar-refractivity contribution is 7.18. The first-order valence-electron chi connectivity index (χ1n) is 11.7. The van der Waals surface area contributed by atoms with Gasteiger partial charge in [0, 0.05) is 48.0 Å². The van der Waals surface area contributed by atoms with Crippen molar-refractivity contribution < 1.29 is 9.53 Å². The molecule has 11 heteroatoms. The van der Waals surface area contributed by atoms with Crippen LogP contribution in [0.1, 0.15) is 56.8 Å². The summed E-state index contributed by atoms with van der Waals surface area (Å²) in [6.07, 6.45) is 7.13. The molecule has 4 heterocycles. The maximum Gasteiger partial charge on any atom is 0.252 e. The monoisotopic (exact) mass is 484 g/mol. The summed E-state index contributed by atoms with van der Waals surface area (Å²) >= 11 is 1.50. The molecule has 5 rings (SSSR count). The molecule has 182 valence electrons. The van der Waals surface area contributed by atoms with E-state index in [9.17, 15) is 4.79 Å². The SMILES string of the molecule is CC1(C)[C@H](Nc2c(C(N)=O)cnn3cc(-c4nnc(NC5CCOCC5)s4)cc23)CC[C@]1(C)N. The number of rotatable bonds is 6. The molecule has 0 unspecified atom stereocenters. The lowest BCUT2D eigenvalue weighted by molar-refractivity contribution is 0.0904. The van der Waals surface area contributed by atoms with E-state index in [1.54, 1.807) is 4.52 Å². The first-order valence-corrected chi connectivity index (χ1v) is 12.5. The summed E-state index contributed by atoms with van der Waals surface area (Å²) in [7, 11) is 0. The van der Waals surface area contributed by atoms with Gasteiger partial charge in [-0.25, -0.2) is 4.52 Å². The smallest absolute Gasteiger partial charge is 0.252 e. The van der Waals surface area contributed by atoms with Gasteiger partial charge in [0.2, 0.25) is 5.13 Å². The maximum absolute atomic E-state index is 12.3. The number of carbonyl (C=O) groups excluding carboxylic acids is 1. The number of fused-ring (bicyclic) bond motifs is 1. The first kappa shape index (κ1) is 23.0. The summed E-state index contributed by atoms with van der Waals surface area (Å²) in [5.41, 5.74) is 14.5. The standard InChI is InChI=1S/C23H32N8O2S/c1-22(2)17(4-7-23(22,3)25)28-18-15(19(24)32)11-26-31-12-13(10-16(18)31)20-29-30-21(34-20)27-14-5-8-33-9-6-14/h10-12,14,17,28H,4-9,25H2,1-3H3,(H2,24,32)(H,27,30)/t17-,23+/m1/s1. The molecule has 1 amide bonds. The third-order valence-corrected chi connectivity index (χ3v) is 8.64. The largest absolute Gasteiger partial charge is 0.381 e. The molecule has 1 aliphatic carbocycles. The average Bonchev–Trinajstić information content (AvgIpc) is 3.47.